The largest absolute Gasteiger partial charge is 0.493 e. The van der Waals surface area contributed by atoms with E-state index in [9.17, 15) is 15.8 Å². The maximum Gasteiger partial charge on any atom is 0.214 e. The third-order valence-corrected chi connectivity index (χ3v) is 6.08. The van der Waals surface area contributed by atoms with E-state index in [-0.39, 0.29) is 0 Å². The Morgan fingerprint density at radius 1 is 1.13 bits per heavy atom. The van der Waals surface area contributed by atoms with Gasteiger partial charge in [0.05, 0.1) is 37.8 Å². The number of fused-ring (bicyclic) bond motifs is 2. The number of ether oxygens (including phenoxy) is 4. The van der Waals surface area contributed by atoms with Crippen molar-refractivity contribution >= 4 is 5.90 Å². The van der Waals surface area contributed by atoms with Gasteiger partial charge in [0, 0.05) is 6.92 Å². The summed E-state index contributed by atoms with van der Waals surface area (Å²) in [5, 5.41) is 39.2. The molecule has 2 saturated heterocycles. The highest BCUT2D eigenvalue weighted by molar-refractivity contribution is 5.89. The molecule has 2 heterocycles. The van der Waals surface area contributed by atoms with Gasteiger partial charge in [0.25, 0.3) is 0 Å². The van der Waals surface area contributed by atoms with Crippen molar-refractivity contribution in [2.45, 2.75) is 45.5 Å². The number of rotatable bonds is 6. The fourth-order valence-electron chi connectivity index (χ4n) is 4.74. The molecule has 2 aliphatic heterocycles. The second kappa shape index (κ2) is 7.52. The third-order valence-electron chi connectivity index (χ3n) is 6.08. The van der Waals surface area contributed by atoms with E-state index in [1.54, 1.807) is 25.1 Å². The molecule has 0 aliphatic carbocycles. The summed E-state index contributed by atoms with van der Waals surface area (Å²) in [5.41, 5.74) is -3.26. The van der Waals surface area contributed by atoms with Crippen molar-refractivity contribution < 1.29 is 18.9 Å². The molecule has 2 fully saturated rings. The summed E-state index contributed by atoms with van der Waals surface area (Å²) in [6.45, 7) is 5.88. The van der Waals surface area contributed by atoms with Crippen LogP contribution in [0.3, 0.4) is 0 Å². The van der Waals surface area contributed by atoms with Crippen molar-refractivity contribution in [1.29, 1.82) is 21.2 Å². The van der Waals surface area contributed by atoms with Gasteiger partial charge in [0.2, 0.25) is 17.1 Å². The first-order valence-corrected chi connectivity index (χ1v) is 9.84. The quantitative estimate of drug-likeness (QED) is 0.756. The third kappa shape index (κ3) is 2.56. The molecule has 1 N–H and O–H groups in total. The fraction of sp³-hybridized carbons (Fsp3) is 0.545. The molecule has 1 aromatic rings. The van der Waals surface area contributed by atoms with E-state index in [0.717, 1.165) is 0 Å². The predicted octanol–water partition coefficient (Wildman–Crippen LogP) is 3.85. The maximum absolute atomic E-state index is 10.3. The van der Waals surface area contributed by atoms with Gasteiger partial charge in [-0.25, -0.2) is 0 Å². The first-order valence-electron chi connectivity index (χ1n) is 9.84. The minimum atomic E-state index is -1.98. The number of nitriles is 3. The van der Waals surface area contributed by atoms with Crippen LogP contribution < -0.4 is 9.47 Å². The molecule has 0 saturated carbocycles. The number of benzene rings is 1. The van der Waals surface area contributed by atoms with Gasteiger partial charge in [-0.15, -0.1) is 0 Å². The zero-order chi connectivity index (χ0) is 22.2. The fourth-order valence-corrected chi connectivity index (χ4v) is 4.74. The lowest BCUT2D eigenvalue weighted by Crippen LogP contribution is -2.58. The monoisotopic (exact) mass is 408 g/mol. The maximum atomic E-state index is 10.3. The molecular weight excluding hydrogens is 384 g/mol. The van der Waals surface area contributed by atoms with Gasteiger partial charge in [0.15, 0.2) is 16.9 Å². The molecule has 0 radical (unpaired) electrons. The van der Waals surface area contributed by atoms with E-state index in [1.807, 2.05) is 26.0 Å². The number of methoxy groups -OCH3 is 1. The lowest BCUT2D eigenvalue weighted by atomic mass is 9.53. The van der Waals surface area contributed by atoms with E-state index < -0.39 is 34.5 Å². The molecule has 1 aromatic carbocycles. The van der Waals surface area contributed by atoms with Gasteiger partial charge in [-0.3, -0.25) is 5.41 Å². The Kier molecular flexibility index (Phi) is 5.37. The second-order valence-corrected chi connectivity index (χ2v) is 7.58. The molecule has 2 bridgehead atoms. The van der Waals surface area contributed by atoms with Gasteiger partial charge in [0.1, 0.15) is 6.10 Å². The minimum Gasteiger partial charge on any atom is -0.493 e. The van der Waals surface area contributed by atoms with E-state index >= 15 is 0 Å². The molecule has 4 unspecified atom stereocenters. The number of hydrogen-bond donors (Lipinski definition) is 1. The van der Waals surface area contributed by atoms with Gasteiger partial charge >= 0.3 is 0 Å². The molecule has 0 aromatic heterocycles. The van der Waals surface area contributed by atoms with Crippen LogP contribution in [0, 0.1) is 56.2 Å². The van der Waals surface area contributed by atoms with Crippen LogP contribution in [0.15, 0.2) is 18.2 Å². The van der Waals surface area contributed by atoms with Gasteiger partial charge in [-0.2, -0.15) is 15.8 Å². The standard InChI is InChI=1S/C22H24N4O4/c1-5-7-17-20(3)29-18(14-8-9-15(28-6-2)16(10-14)27-4)21(11-23,12-24)22(17,13-25)19(26)30-20/h8-10,17-18,26H,5-7H2,1-4H3. The Bertz CT molecular complexity index is 974. The molecule has 8 nitrogen and oxygen atoms in total. The molecule has 3 rings (SSSR count). The van der Waals surface area contributed by atoms with Crippen LogP contribution in [0.25, 0.3) is 0 Å². The van der Waals surface area contributed by atoms with Crippen molar-refractivity contribution in [3.8, 4) is 29.7 Å². The van der Waals surface area contributed by atoms with Crippen LogP contribution in [0.1, 0.15) is 45.3 Å². The summed E-state index contributed by atoms with van der Waals surface area (Å²) in [4.78, 5) is 0. The summed E-state index contributed by atoms with van der Waals surface area (Å²) < 4.78 is 23.0. The van der Waals surface area contributed by atoms with E-state index in [0.29, 0.717) is 36.5 Å². The van der Waals surface area contributed by atoms with Gasteiger partial charge < -0.3 is 18.9 Å². The number of nitrogens with zero attached hydrogens (tertiary/aromatic N) is 3. The Morgan fingerprint density at radius 2 is 1.83 bits per heavy atom. The highest BCUT2D eigenvalue weighted by atomic mass is 16.7. The molecule has 2 aliphatic rings. The Morgan fingerprint density at radius 3 is 2.37 bits per heavy atom. The molecule has 4 atom stereocenters. The van der Waals surface area contributed by atoms with Crippen molar-refractivity contribution in [3.05, 3.63) is 23.8 Å². The van der Waals surface area contributed by atoms with Crippen LogP contribution in [0.2, 0.25) is 0 Å². The lowest BCUT2D eigenvalue weighted by Gasteiger charge is -2.48. The molecule has 0 spiro atoms. The molecule has 30 heavy (non-hydrogen) atoms. The second-order valence-electron chi connectivity index (χ2n) is 7.58. The average molecular weight is 408 g/mol. The van der Waals surface area contributed by atoms with E-state index in [1.165, 1.54) is 7.11 Å². The summed E-state index contributed by atoms with van der Waals surface area (Å²) in [6, 6.07) is 11.2. The summed E-state index contributed by atoms with van der Waals surface area (Å²) >= 11 is 0. The van der Waals surface area contributed by atoms with Crippen molar-refractivity contribution in [1.82, 2.24) is 0 Å². The number of nitrogens with one attached hydrogen (secondary N) is 1. The Hall–Kier alpha value is -3.28. The minimum absolute atomic E-state index is 0.394. The van der Waals surface area contributed by atoms with Crippen LogP contribution in [0.5, 0.6) is 11.5 Å². The first-order chi connectivity index (χ1) is 14.3. The highest BCUT2D eigenvalue weighted by Gasteiger charge is 2.79. The zero-order valence-electron chi connectivity index (χ0n) is 17.5. The predicted molar refractivity (Wildman–Crippen MR) is 105 cm³/mol. The summed E-state index contributed by atoms with van der Waals surface area (Å²) in [7, 11) is 1.49. The zero-order valence-corrected chi connectivity index (χ0v) is 17.5. The average Bonchev–Trinajstić information content (AvgIpc) is 2.91. The van der Waals surface area contributed by atoms with Crippen LogP contribution in [-0.4, -0.2) is 25.4 Å². The summed E-state index contributed by atoms with van der Waals surface area (Å²) in [5.74, 6) is -1.41. The SMILES string of the molecule is CCCC1C2(C)OC(=N)C1(C#N)C(C#N)(C#N)C(c1ccc(OCC)c(OC)c1)O2. The van der Waals surface area contributed by atoms with Crippen molar-refractivity contribution in [2.24, 2.45) is 16.7 Å². The normalized spacial score (nSPS) is 31.0. The van der Waals surface area contributed by atoms with Gasteiger partial charge in [-0.1, -0.05) is 19.4 Å². The Balaban J connectivity index is 2.26. The van der Waals surface area contributed by atoms with Crippen LogP contribution in [-0.2, 0) is 9.47 Å². The van der Waals surface area contributed by atoms with Crippen molar-refractivity contribution in [3.63, 3.8) is 0 Å². The molecular formula is C22H24N4O4. The first kappa shape index (κ1) is 21.4. The lowest BCUT2D eigenvalue weighted by molar-refractivity contribution is -0.274. The van der Waals surface area contributed by atoms with Crippen LogP contribution >= 0.6 is 0 Å². The Labute approximate surface area is 176 Å². The van der Waals surface area contributed by atoms with E-state index in [2.05, 4.69) is 6.07 Å². The van der Waals surface area contributed by atoms with E-state index in [4.69, 9.17) is 24.4 Å². The molecule has 8 heteroatoms. The van der Waals surface area contributed by atoms with Gasteiger partial charge in [-0.05, 0) is 31.0 Å². The van der Waals surface area contributed by atoms with Crippen molar-refractivity contribution in [2.75, 3.05) is 13.7 Å². The smallest absolute Gasteiger partial charge is 0.214 e. The molecule has 0 amide bonds. The summed E-state index contributed by atoms with van der Waals surface area (Å²) in [6.07, 6.45) is 0.0207. The van der Waals surface area contributed by atoms with Crippen LogP contribution in [0.4, 0.5) is 0 Å². The molecule has 156 valence electrons. The topological polar surface area (TPSA) is 132 Å². The number of hydrogen-bond acceptors (Lipinski definition) is 8. The highest BCUT2D eigenvalue weighted by Crippen LogP contribution is 2.67.